The Bertz CT molecular complexity index is 598. The zero-order valence-electron chi connectivity index (χ0n) is 11.8. The Labute approximate surface area is 128 Å². The maximum atomic E-state index is 12.6. The van der Waals surface area contributed by atoms with Gasteiger partial charge in [-0.1, -0.05) is 22.0 Å². The third kappa shape index (κ3) is 3.37. The largest absolute Gasteiger partial charge is 0.336 e. The highest BCUT2D eigenvalue weighted by Crippen LogP contribution is 2.16. The second-order valence-corrected chi connectivity index (χ2v) is 5.84. The summed E-state index contributed by atoms with van der Waals surface area (Å²) in [5, 5.41) is 1.91. The molecular formula is C16H19BrN2O. The van der Waals surface area contributed by atoms with Gasteiger partial charge in [-0.05, 0) is 44.5 Å². The van der Waals surface area contributed by atoms with Crippen LogP contribution in [0.1, 0.15) is 30.6 Å². The fourth-order valence-corrected chi connectivity index (χ4v) is 2.45. The van der Waals surface area contributed by atoms with Crippen molar-refractivity contribution in [3.63, 3.8) is 0 Å². The number of carbonyl (C=O) groups is 1. The highest BCUT2D eigenvalue weighted by Gasteiger charge is 2.18. The molecule has 0 atom stereocenters. The molecule has 1 aromatic carbocycles. The maximum absolute atomic E-state index is 12.6. The summed E-state index contributed by atoms with van der Waals surface area (Å²) < 4.78 is 0. The van der Waals surface area contributed by atoms with Gasteiger partial charge in [0, 0.05) is 35.1 Å². The molecule has 4 heteroatoms. The molecule has 0 aliphatic rings. The van der Waals surface area contributed by atoms with Crippen LogP contribution < -0.4 is 0 Å². The summed E-state index contributed by atoms with van der Waals surface area (Å²) in [6.45, 7) is 4.87. The van der Waals surface area contributed by atoms with Crippen LogP contribution >= 0.6 is 15.9 Å². The average Bonchev–Trinajstić information content (AvgIpc) is 2.46. The molecule has 1 aromatic heterocycles. The molecule has 0 saturated heterocycles. The second kappa shape index (κ2) is 6.84. The lowest BCUT2D eigenvalue weighted by molar-refractivity contribution is 0.0707. The van der Waals surface area contributed by atoms with Crippen LogP contribution in [0.15, 0.2) is 36.5 Å². The van der Waals surface area contributed by atoms with E-state index in [0.29, 0.717) is 0 Å². The van der Waals surface area contributed by atoms with Crippen molar-refractivity contribution in [1.29, 1.82) is 0 Å². The van der Waals surface area contributed by atoms with Gasteiger partial charge >= 0.3 is 0 Å². The van der Waals surface area contributed by atoms with Crippen LogP contribution in [-0.2, 0) is 0 Å². The van der Waals surface area contributed by atoms with Crippen LogP contribution in [0.4, 0.5) is 0 Å². The number of alkyl halides is 1. The molecule has 0 fully saturated rings. The number of fused-ring (bicyclic) bond motifs is 1. The van der Waals surface area contributed by atoms with E-state index >= 15 is 0 Å². The van der Waals surface area contributed by atoms with Crippen LogP contribution in [0.25, 0.3) is 10.9 Å². The molecule has 0 saturated carbocycles. The molecule has 0 bridgehead atoms. The minimum atomic E-state index is 0.0895. The molecular weight excluding hydrogens is 316 g/mol. The van der Waals surface area contributed by atoms with E-state index in [-0.39, 0.29) is 11.9 Å². The zero-order valence-corrected chi connectivity index (χ0v) is 13.4. The predicted octanol–water partition coefficient (Wildman–Crippen LogP) is 3.87. The van der Waals surface area contributed by atoms with Crippen LogP contribution in [0, 0.1) is 0 Å². The van der Waals surface area contributed by atoms with Crippen molar-refractivity contribution in [3.05, 3.63) is 42.1 Å². The Morgan fingerprint density at radius 1 is 1.35 bits per heavy atom. The first kappa shape index (κ1) is 15.0. The van der Waals surface area contributed by atoms with Crippen LogP contribution in [0.3, 0.4) is 0 Å². The average molecular weight is 335 g/mol. The highest BCUT2D eigenvalue weighted by molar-refractivity contribution is 9.09. The summed E-state index contributed by atoms with van der Waals surface area (Å²) in [5.74, 6) is 0.0895. The molecule has 0 radical (unpaired) electrons. The normalized spacial score (nSPS) is 11.0. The van der Waals surface area contributed by atoms with Crippen LogP contribution in [0.2, 0.25) is 0 Å². The Kier molecular flexibility index (Phi) is 5.12. The molecule has 0 spiro atoms. The third-order valence-electron chi connectivity index (χ3n) is 3.27. The van der Waals surface area contributed by atoms with E-state index in [2.05, 4.69) is 34.8 Å². The maximum Gasteiger partial charge on any atom is 0.254 e. The third-order valence-corrected chi connectivity index (χ3v) is 3.83. The molecule has 106 valence electrons. The van der Waals surface area contributed by atoms with Gasteiger partial charge in [-0.25, -0.2) is 0 Å². The lowest BCUT2D eigenvalue weighted by atomic mass is 10.1. The van der Waals surface area contributed by atoms with Crippen molar-refractivity contribution in [2.45, 2.75) is 26.3 Å². The Balaban J connectivity index is 2.28. The molecule has 0 aliphatic carbocycles. The first-order valence-electron chi connectivity index (χ1n) is 6.85. The molecule has 0 aliphatic heterocycles. The molecule has 1 amide bonds. The molecule has 20 heavy (non-hydrogen) atoms. The smallest absolute Gasteiger partial charge is 0.254 e. The minimum Gasteiger partial charge on any atom is -0.336 e. The molecule has 0 N–H and O–H groups in total. The quantitative estimate of drug-likeness (QED) is 0.777. The summed E-state index contributed by atoms with van der Waals surface area (Å²) in [4.78, 5) is 18.8. The number of hydrogen-bond donors (Lipinski definition) is 0. The van der Waals surface area contributed by atoms with Gasteiger partial charge < -0.3 is 4.90 Å². The van der Waals surface area contributed by atoms with Crippen LogP contribution in [-0.4, -0.2) is 33.7 Å². The molecule has 1 heterocycles. The summed E-state index contributed by atoms with van der Waals surface area (Å²) in [6, 6.07) is 9.77. The number of rotatable bonds is 5. The number of halogens is 1. The first-order valence-corrected chi connectivity index (χ1v) is 7.97. The minimum absolute atomic E-state index is 0.0895. The Morgan fingerprint density at radius 2 is 2.15 bits per heavy atom. The lowest BCUT2D eigenvalue weighted by Gasteiger charge is -2.26. The monoisotopic (exact) mass is 334 g/mol. The summed E-state index contributed by atoms with van der Waals surface area (Å²) in [6.07, 6.45) is 2.72. The standard InChI is InChI=1S/C16H19BrN2O/c1-12(2)19(10-4-8-17)16(20)14-6-7-15-13(11-14)5-3-9-18-15/h3,5-7,9,11-12H,4,8,10H2,1-2H3. The number of nitrogens with zero attached hydrogens (tertiary/aromatic N) is 2. The Morgan fingerprint density at radius 3 is 2.85 bits per heavy atom. The summed E-state index contributed by atoms with van der Waals surface area (Å²) in [5.41, 5.74) is 1.65. The van der Waals surface area contributed by atoms with Gasteiger partial charge in [0.1, 0.15) is 0 Å². The number of aromatic nitrogens is 1. The van der Waals surface area contributed by atoms with Gasteiger partial charge in [0.15, 0.2) is 0 Å². The van der Waals surface area contributed by atoms with Gasteiger partial charge in [-0.3, -0.25) is 9.78 Å². The number of amides is 1. The number of hydrogen-bond acceptors (Lipinski definition) is 2. The van der Waals surface area contributed by atoms with Crippen molar-refractivity contribution in [2.24, 2.45) is 0 Å². The SMILES string of the molecule is CC(C)N(CCCBr)C(=O)c1ccc2ncccc2c1. The molecule has 3 nitrogen and oxygen atoms in total. The topological polar surface area (TPSA) is 33.2 Å². The van der Waals surface area contributed by atoms with Crippen LogP contribution in [0.5, 0.6) is 0 Å². The van der Waals surface area contributed by atoms with Crippen molar-refractivity contribution in [3.8, 4) is 0 Å². The van der Waals surface area contributed by atoms with E-state index in [1.165, 1.54) is 0 Å². The first-order chi connectivity index (χ1) is 9.63. The van der Waals surface area contributed by atoms with Crippen molar-refractivity contribution < 1.29 is 4.79 Å². The number of pyridine rings is 1. The van der Waals surface area contributed by atoms with E-state index in [4.69, 9.17) is 0 Å². The Hall–Kier alpha value is -1.42. The van der Waals surface area contributed by atoms with E-state index in [1.807, 2.05) is 35.2 Å². The summed E-state index contributed by atoms with van der Waals surface area (Å²) >= 11 is 3.42. The fourth-order valence-electron chi connectivity index (χ4n) is 2.20. The van der Waals surface area contributed by atoms with E-state index < -0.39 is 0 Å². The molecule has 2 rings (SSSR count). The fraction of sp³-hybridized carbons (Fsp3) is 0.375. The van der Waals surface area contributed by atoms with Crippen molar-refractivity contribution in [1.82, 2.24) is 9.88 Å². The number of benzene rings is 1. The number of carbonyl (C=O) groups excluding carboxylic acids is 1. The highest BCUT2D eigenvalue weighted by atomic mass is 79.9. The molecule has 0 unspecified atom stereocenters. The van der Waals surface area contributed by atoms with Crippen molar-refractivity contribution in [2.75, 3.05) is 11.9 Å². The van der Waals surface area contributed by atoms with Gasteiger partial charge in [0.2, 0.25) is 0 Å². The predicted molar refractivity (Wildman–Crippen MR) is 86.3 cm³/mol. The van der Waals surface area contributed by atoms with Crippen molar-refractivity contribution >= 4 is 32.7 Å². The van der Waals surface area contributed by atoms with Gasteiger partial charge in [0.25, 0.3) is 5.91 Å². The molecule has 2 aromatic rings. The lowest BCUT2D eigenvalue weighted by Crippen LogP contribution is -2.37. The van der Waals surface area contributed by atoms with E-state index in [0.717, 1.165) is 34.8 Å². The van der Waals surface area contributed by atoms with Gasteiger partial charge in [0.05, 0.1) is 5.52 Å². The van der Waals surface area contributed by atoms with E-state index in [9.17, 15) is 4.79 Å². The van der Waals surface area contributed by atoms with Gasteiger partial charge in [-0.2, -0.15) is 0 Å². The summed E-state index contributed by atoms with van der Waals surface area (Å²) in [7, 11) is 0. The zero-order chi connectivity index (χ0) is 14.5. The van der Waals surface area contributed by atoms with Gasteiger partial charge in [-0.15, -0.1) is 0 Å². The second-order valence-electron chi connectivity index (χ2n) is 5.05. The van der Waals surface area contributed by atoms with E-state index in [1.54, 1.807) is 6.20 Å².